The second kappa shape index (κ2) is 5.16. The van der Waals surface area contributed by atoms with Crippen LogP contribution in [0.4, 0.5) is 13.2 Å². The Kier molecular flexibility index (Phi) is 4.24. The number of carbonyl (C=O) groups is 1. The predicted molar refractivity (Wildman–Crippen MR) is 59.9 cm³/mol. The highest BCUT2D eigenvalue weighted by Gasteiger charge is 2.55. The monoisotopic (exact) mass is 281 g/mol. The fourth-order valence-corrected chi connectivity index (χ4v) is 1.12. The molecule has 1 aromatic carbocycles. The highest BCUT2D eigenvalue weighted by atomic mass is 35.5. The zero-order valence-electron chi connectivity index (χ0n) is 9.42. The van der Waals surface area contributed by atoms with Crippen LogP contribution in [0.25, 0.3) is 0 Å². The molecular formula is C11H11ClF3NO2. The van der Waals surface area contributed by atoms with E-state index in [0.717, 1.165) is 0 Å². The molecule has 1 aromatic rings. The maximum atomic E-state index is 12.4. The van der Waals surface area contributed by atoms with Gasteiger partial charge >= 0.3 is 12.1 Å². The van der Waals surface area contributed by atoms with Crippen LogP contribution < -0.4 is 5.73 Å². The van der Waals surface area contributed by atoms with E-state index in [-0.39, 0.29) is 6.61 Å². The number of hydrogen-bond donors (Lipinski definition) is 1. The minimum absolute atomic E-state index is 0.293. The molecule has 0 aromatic heterocycles. The van der Waals surface area contributed by atoms with E-state index in [0.29, 0.717) is 17.5 Å². The van der Waals surface area contributed by atoms with Crippen molar-refractivity contribution >= 4 is 17.6 Å². The lowest BCUT2D eigenvalue weighted by atomic mass is 10.0. The molecule has 0 aliphatic carbocycles. The summed E-state index contributed by atoms with van der Waals surface area (Å²) < 4.78 is 41.8. The van der Waals surface area contributed by atoms with Gasteiger partial charge in [0.2, 0.25) is 5.54 Å². The van der Waals surface area contributed by atoms with Crippen molar-refractivity contribution in [3.8, 4) is 0 Å². The van der Waals surface area contributed by atoms with Gasteiger partial charge in [-0.1, -0.05) is 23.7 Å². The van der Waals surface area contributed by atoms with Gasteiger partial charge in [0.25, 0.3) is 0 Å². The Morgan fingerprint density at radius 2 is 1.83 bits per heavy atom. The molecule has 0 saturated heterocycles. The third-order valence-electron chi connectivity index (χ3n) is 2.30. The fraction of sp³-hybridized carbons (Fsp3) is 0.364. The summed E-state index contributed by atoms with van der Waals surface area (Å²) >= 11 is 5.63. The van der Waals surface area contributed by atoms with Crippen molar-refractivity contribution in [1.29, 1.82) is 0 Å². The van der Waals surface area contributed by atoms with Crippen molar-refractivity contribution in [2.45, 2.75) is 25.2 Å². The highest BCUT2D eigenvalue weighted by molar-refractivity contribution is 6.30. The van der Waals surface area contributed by atoms with Crippen LogP contribution in [0.3, 0.4) is 0 Å². The fourth-order valence-electron chi connectivity index (χ4n) is 0.995. The second-order valence-electron chi connectivity index (χ2n) is 3.90. The first-order valence-electron chi connectivity index (χ1n) is 4.92. The van der Waals surface area contributed by atoms with E-state index >= 15 is 0 Å². The van der Waals surface area contributed by atoms with Crippen molar-refractivity contribution in [2.75, 3.05) is 0 Å². The van der Waals surface area contributed by atoms with Crippen LogP contribution in [0.15, 0.2) is 24.3 Å². The van der Waals surface area contributed by atoms with Crippen molar-refractivity contribution in [1.82, 2.24) is 0 Å². The van der Waals surface area contributed by atoms with Gasteiger partial charge in [-0.25, -0.2) is 4.79 Å². The van der Waals surface area contributed by atoms with Gasteiger partial charge in [0.1, 0.15) is 6.61 Å². The molecule has 1 rings (SSSR count). The van der Waals surface area contributed by atoms with Gasteiger partial charge in [-0.15, -0.1) is 0 Å². The molecule has 0 bridgehead atoms. The minimum Gasteiger partial charge on any atom is -0.459 e. The van der Waals surface area contributed by atoms with Gasteiger partial charge in [-0.2, -0.15) is 13.2 Å². The number of esters is 1. The number of benzene rings is 1. The van der Waals surface area contributed by atoms with Crippen LogP contribution in [-0.4, -0.2) is 17.7 Å². The quantitative estimate of drug-likeness (QED) is 0.867. The van der Waals surface area contributed by atoms with Gasteiger partial charge in [0.15, 0.2) is 0 Å². The average molecular weight is 282 g/mol. The van der Waals surface area contributed by atoms with Crippen molar-refractivity contribution in [2.24, 2.45) is 5.73 Å². The predicted octanol–water partition coefficient (Wildman–Crippen LogP) is 2.66. The largest absolute Gasteiger partial charge is 0.459 e. The lowest BCUT2D eigenvalue weighted by Gasteiger charge is -2.25. The second-order valence-corrected chi connectivity index (χ2v) is 4.34. The van der Waals surface area contributed by atoms with Crippen LogP contribution in [0.5, 0.6) is 0 Å². The van der Waals surface area contributed by atoms with Crippen LogP contribution in [0, 0.1) is 0 Å². The molecule has 7 heteroatoms. The smallest absolute Gasteiger partial charge is 0.416 e. The summed E-state index contributed by atoms with van der Waals surface area (Å²) in [6, 6.07) is 6.15. The summed E-state index contributed by atoms with van der Waals surface area (Å²) in [5.74, 6) is -1.52. The van der Waals surface area contributed by atoms with Crippen LogP contribution in [-0.2, 0) is 16.1 Å². The molecule has 100 valence electrons. The lowest BCUT2D eigenvalue weighted by molar-refractivity contribution is -0.202. The number of rotatable bonds is 3. The third kappa shape index (κ3) is 3.36. The van der Waals surface area contributed by atoms with E-state index in [1.54, 1.807) is 0 Å². The summed E-state index contributed by atoms with van der Waals surface area (Å²) in [4.78, 5) is 11.3. The molecule has 0 spiro atoms. The number of ether oxygens (including phenoxy) is 1. The summed E-state index contributed by atoms with van der Waals surface area (Å²) in [5, 5.41) is 0.476. The van der Waals surface area contributed by atoms with E-state index in [2.05, 4.69) is 4.74 Å². The Morgan fingerprint density at radius 1 is 1.33 bits per heavy atom. The molecule has 2 N–H and O–H groups in total. The topological polar surface area (TPSA) is 52.3 Å². The summed E-state index contributed by atoms with van der Waals surface area (Å²) in [5.41, 5.74) is 2.41. The molecule has 0 heterocycles. The molecule has 3 nitrogen and oxygen atoms in total. The Bertz CT molecular complexity index is 429. The molecule has 0 radical (unpaired) electrons. The van der Waals surface area contributed by atoms with Crippen molar-refractivity contribution in [3.63, 3.8) is 0 Å². The van der Waals surface area contributed by atoms with Crippen LogP contribution in [0.1, 0.15) is 12.5 Å². The van der Waals surface area contributed by atoms with Crippen LogP contribution in [0.2, 0.25) is 5.02 Å². The SMILES string of the molecule is CC(N)(C(=O)OCc1ccc(Cl)cc1)C(F)(F)F. The molecule has 0 saturated carbocycles. The number of carbonyl (C=O) groups excluding carboxylic acids is 1. The first-order valence-corrected chi connectivity index (χ1v) is 5.29. The molecule has 1 atom stereocenters. The molecule has 0 fully saturated rings. The normalized spacial score (nSPS) is 15.0. The zero-order chi connectivity index (χ0) is 14.0. The Balaban J connectivity index is 2.64. The van der Waals surface area contributed by atoms with Crippen molar-refractivity contribution < 1.29 is 22.7 Å². The van der Waals surface area contributed by atoms with Gasteiger partial charge in [0.05, 0.1) is 0 Å². The maximum Gasteiger partial charge on any atom is 0.416 e. The third-order valence-corrected chi connectivity index (χ3v) is 2.55. The van der Waals surface area contributed by atoms with E-state index in [1.807, 2.05) is 0 Å². The van der Waals surface area contributed by atoms with Gasteiger partial charge < -0.3 is 10.5 Å². The number of alkyl halides is 3. The average Bonchev–Trinajstić information content (AvgIpc) is 2.26. The van der Waals surface area contributed by atoms with Gasteiger partial charge in [-0.3, -0.25) is 0 Å². The van der Waals surface area contributed by atoms with Gasteiger partial charge in [-0.05, 0) is 24.6 Å². The van der Waals surface area contributed by atoms with E-state index in [1.165, 1.54) is 24.3 Å². The van der Waals surface area contributed by atoms with Gasteiger partial charge in [0, 0.05) is 5.02 Å². The molecule has 18 heavy (non-hydrogen) atoms. The zero-order valence-corrected chi connectivity index (χ0v) is 10.2. The molecular weight excluding hydrogens is 271 g/mol. The first-order chi connectivity index (χ1) is 8.14. The Labute approximate surface area is 107 Å². The number of halogens is 4. The first kappa shape index (κ1) is 14.8. The Hall–Kier alpha value is -1.27. The molecule has 0 aliphatic rings. The summed E-state index contributed by atoms with van der Waals surface area (Å²) in [7, 11) is 0. The standard InChI is InChI=1S/C11H11ClF3NO2/c1-10(16,11(13,14)15)9(17)18-6-7-2-4-8(12)5-3-7/h2-5H,6,16H2,1H3. The molecule has 1 unspecified atom stereocenters. The van der Waals surface area contributed by atoms with E-state index < -0.39 is 17.7 Å². The molecule has 0 amide bonds. The number of nitrogens with two attached hydrogens (primary N) is 1. The van der Waals surface area contributed by atoms with E-state index in [4.69, 9.17) is 17.3 Å². The summed E-state index contributed by atoms with van der Waals surface area (Å²) in [6.07, 6.45) is -4.86. The van der Waals surface area contributed by atoms with Crippen molar-refractivity contribution in [3.05, 3.63) is 34.9 Å². The van der Waals surface area contributed by atoms with Crippen LogP contribution >= 0.6 is 11.6 Å². The van der Waals surface area contributed by atoms with E-state index in [9.17, 15) is 18.0 Å². The Morgan fingerprint density at radius 3 is 2.28 bits per heavy atom. The summed E-state index contributed by atoms with van der Waals surface area (Å²) in [6.45, 7) is 0.274. The highest BCUT2D eigenvalue weighted by Crippen LogP contribution is 2.29. The minimum atomic E-state index is -4.86. The maximum absolute atomic E-state index is 12.4. The lowest BCUT2D eigenvalue weighted by Crippen LogP contribution is -2.57. The molecule has 0 aliphatic heterocycles. The number of hydrogen-bond acceptors (Lipinski definition) is 3.